The van der Waals surface area contributed by atoms with Crippen LogP contribution in [0.25, 0.3) is 10.8 Å². The number of carbonyl (C=O) groups excluding carboxylic acids is 1. The van der Waals surface area contributed by atoms with Gasteiger partial charge in [0.2, 0.25) is 0 Å². The SMILES string of the molecule is CC(Oc1ccc(Cl)cc1)C(=O)Oc1ccc2cc(Br)ccc2c1. The highest BCUT2D eigenvalue weighted by Gasteiger charge is 2.17. The molecule has 1 atom stereocenters. The van der Waals surface area contributed by atoms with E-state index in [1.54, 1.807) is 37.3 Å². The van der Waals surface area contributed by atoms with E-state index < -0.39 is 12.1 Å². The van der Waals surface area contributed by atoms with Gasteiger partial charge in [-0.3, -0.25) is 0 Å². The van der Waals surface area contributed by atoms with Gasteiger partial charge in [-0.15, -0.1) is 0 Å². The fraction of sp³-hybridized carbons (Fsp3) is 0.105. The van der Waals surface area contributed by atoms with Crippen LogP contribution in [0.1, 0.15) is 6.92 Å². The molecule has 1 unspecified atom stereocenters. The summed E-state index contributed by atoms with van der Waals surface area (Å²) in [5, 5.41) is 2.67. The second-order valence-corrected chi connectivity index (χ2v) is 6.64. The van der Waals surface area contributed by atoms with E-state index in [2.05, 4.69) is 15.9 Å². The van der Waals surface area contributed by atoms with Crippen LogP contribution >= 0.6 is 27.5 Å². The maximum atomic E-state index is 12.2. The van der Waals surface area contributed by atoms with Crippen LogP contribution in [0.2, 0.25) is 5.02 Å². The molecule has 0 aliphatic heterocycles. The molecule has 0 saturated heterocycles. The summed E-state index contributed by atoms with van der Waals surface area (Å²) in [6.07, 6.45) is -0.730. The van der Waals surface area contributed by atoms with Gasteiger partial charge in [0.15, 0.2) is 6.10 Å². The summed E-state index contributed by atoms with van der Waals surface area (Å²) in [6.45, 7) is 1.65. The molecule has 122 valence electrons. The van der Waals surface area contributed by atoms with Crippen molar-refractivity contribution in [3.05, 3.63) is 70.2 Å². The summed E-state index contributed by atoms with van der Waals surface area (Å²) >= 11 is 9.26. The number of ether oxygens (including phenoxy) is 2. The standard InChI is InChI=1S/C19H14BrClO3/c1-12(23-17-8-5-16(21)6-9-17)19(22)24-18-7-3-13-10-15(20)4-2-14(13)11-18/h2-12H,1H3. The number of benzene rings is 3. The fourth-order valence-electron chi connectivity index (χ4n) is 2.22. The van der Waals surface area contributed by atoms with Crippen LogP contribution in [0.4, 0.5) is 0 Å². The third-order valence-corrected chi connectivity index (χ3v) is 4.20. The summed E-state index contributed by atoms with van der Waals surface area (Å²) in [4.78, 5) is 12.2. The first-order chi connectivity index (χ1) is 11.5. The number of esters is 1. The molecule has 0 spiro atoms. The first-order valence-electron chi connectivity index (χ1n) is 7.34. The molecule has 0 radical (unpaired) electrons. The van der Waals surface area contributed by atoms with Gasteiger partial charge in [0.25, 0.3) is 0 Å². The normalized spacial score (nSPS) is 12.0. The Morgan fingerprint density at radius 3 is 2.33 bits per heavy atom. The minimum absolute atomic E-state index is 0.457. The Labute approximate surface area is 153 Å². The molecule has 3 aromatic carbocycles. The summed E-state index contributed by atoms with van der Waals surface area (Å²) in [7, 11) is 0. The zero-order valence-corrected chi connectivity index (χ0v) is 15.2. The molecule has 0 heterocycles. The van der Waals surface area contributed by atoms with Gasteiger partial charge < -0.3 is 9.47 Å². The smallest absolute Gasteiger partial charge is 0.352 e. The third-order valence-electron chi connectivity index (χ3n) is 3.45. The molecule has 0 bridgehead atoms. The molecule has 0 N–H and O–H groups in total. The molecule has 0 aliphatic rings. The molecular formula is C19H14BrClO3. The van der Waals surface area contributed by atoms with Gasteiger partial charge >= 0.3 is 5.97 Å². The van der Waals surface area contributed by atoms with Crippen molar-refractivity contribution in [1.29, 1.82) is 0 Å². The van der Waals surface area contributed by atoms with Gasteiger partial charge in [-0.25, -0.2) is 4.79 Å². The number of rotatable bonds is 4. The summed E-state index contributed by atoms with van der Waals surface area (Å²) in [5.41, 5.74) is 0. The number of fused-ring (bicyclic) bond motifs is 1. The van der Waals surface area contributed by atoms with Gasteiger partial charge in [-0.05, 0) is 66.2 Å². The van der Waals surface area contributed by atoms with Gasteiger partial charge in [-0.2, -0.15) is 0 Å². The van der Waals surface area contributed by atoms with Crippen molar-refractivity contribution >= 4 is 44.3 Å². The van der Waals surface area contributed by atoms with Crippen LogP contribution in [0, 0.1) is 0 Å². The predicted octanol–water partition coefficient (Wildman–Crippen LogP) is 5.63. The highest BCUT2D eigenvalue weighted by molar-refractivity contribution is 9.10. The molecule has 0 amide bonds. The summed E-state index contributed by atoms with van der Waals surface area (Å²) < 4.78 is 12.0. The van der Waals surface area contributed by atoms with E-state index in [1.165, 1.54) is 0 Å². The second kappa shape index (κ2) is 7.24. The topological polar surface area (TPSA) is 35.5 Å². The van der Waals surface area contributed by atoms with Crippen LogP contribution in [0.15, 0.2) is 65.1 Å². The Kier molecular flexibility index (Phi) is 5.07. The Morgan fingerprint density at radius 2 is 1.58 bits per heavy atom. The van der Waals surface area contributed by atoms with Crippen molar-refractivity contribution in [2.75, 3.05) is 0 Å². The van der Waals surface area contributed by atoms with Crippen molar-refractivity contribution in [2.24, 2.45) is 0 Å². The Morgan fingerprint density at radius 1 is 0.958 bits per heavy atom. The Balaban J connectivity index is 1.69. The molecule has 3 nitrogen and oxygen atoms in total. The Hall–Kier alpha value is -2.04. The number of hydrogen-bond donors (Lipinski definition) is 0. The predicted molar refractivity (Wildman–Crippen MR) is 98.8 cm³/mol. The first kappa shape index (κ1) is 16.8. The zero-order valence-electron chi connectivity index (χ0n) is 12.8. The maximum Gasteiger partial charge on any atom is 0.352 e. The molecule has 0 fully saturated rings. The number of hydrogen-bond acceptors (Lipinski definition) is 3. The van der Waals surface area contributed by atoms with Crippen molar-refractivity contribution in [2.45, 2.75) is 13.0 Å². The van der Waals surface area contributed by atoms with Crippen LogP contribution in [0.5, 0.6) is 11.5 Å². The van der Waals surface area contributed by atoms with Crippen molar-refractivity contribution < 1.29 is 14.3 Å². The lowest BCUT2D eigenvalue weighted by atomic mass is 10.1. The van der Waals surface area contributed by atoms with E-state index in [9.17, 15) is 4.79 Å². The number of carbonyl (C=O) groups is 1. The quantitative estimate of drug-likeness (QED) is 0.417. The van der Waals surface area contributed by atoms with E-state index in [-0.39, 0.29) is 0 Å². The van der Waals surface area contributed by atoms with Crippen LogP contribution in [-0.2, 0) is 4.79 Å². The maximum absolute atomic E-state index is 12.2. The molecule has 0 aliphatic carbocycles. The van der Waals surface area contributed by atoms with Gasteiger partial charge in [0.05, 0.1) is 0 Å². The average molecular weight is 406 g/mol. The van der Waals surface area contributed by atoms with E-state index in [1.807, 2.05) is 30.3 Å². The van der Waals surface area contributed by atoms with E-state index in [0.29, 0.717) is 16.5 Å². The molecule has 0 aromatic heterocycles. The highest BCUT2D eigenvalue weighted by Crippen LogP contribution is 2.24. The van der Waals surface area contributed by atoms with E-state index >= 15 is 0 Å². The molecule has 0 saturated carbocycles. The number of halogens is 2. The van der Waals surface area contributed by atoms with Gasteiger partial charge in [0, 0.05) is 9.50 Å². The summed E-state index contributed by atoms with van der Waals surface area (Å²) in [5.74, 6) is 0.593. The average Bonchev–Trinajstić information content (AvgIpc) is 2.57. The van der Waals surface area contributed by atoms with E-state index in [0.717, 1.165) is 15.2 Å². The fourth-order valence-corrected chi connectivity index (χ4v) is 2.73. The zero-order chi connectivity index (χ0) is 17.1. The molecule has 5 heteroatoms. The van der Waals surface area contributed by atoms with Crippen LogP contribution < -0.4 is 9.47 Å². The molecule has 3 rings (SSSR count). The largest absolute Gasteiger partial charge is 0.479 e. The second-order valence-electron chi connectivity index (χ2n) is 5.29. The lowest BCUT2D eigenvalue weighted by Gasteiger charge is -2.14. The first-order valence-corrected chi connectivity index (χ1v) is 8.51. The lowest BCUT2D eigenvalue weighted by Crippen LogP contribution is -2.28. The summed E-state index contributed by atoms with van der Waals surface area (Å²) in [6, 6.07) is 18.2. The van der Waals surface area contributed by atoms with Crippen LogP contribution in [0.3, 0.4) is 0 Å². The molecule has 3 aromatic rings. The highest BCUT2D eigenvalue weighted by atomic mass is 79.9. The molecular weight excluding hydrogens is 392 g/mol. The lowest BCUT2D eigenvalue weighted by molar-refractivity contribution is -0.141. The van der Waals surface area contributed by atoms with E-state index in [4.69, 9.17) is 21.1 Å². The minimum atomic E-state index is -0.730. The minimum Gasteiger partial charge on any atom is -0.479 e. The third kappa shape index (κ3) is 4.08. The van der Waals surface area contributed by atoms with Gasteiger partial charge in [-0.1, -0.05) is 39.7 Å². The van der Waals surface area contributed by atoms with Gasteiger partial charge in [0.1, 0.15) is 11.5 Å². The van der Waals surface area contributed by atoms with Crippen molar-refractivity contribution in [3.8, 4) is 11.5 Å². The van der Waals surface area contributed by atoms with Crippen molar-refractivity contribution in [3.63, 3.8) is 0 Å². The molecule has 24 heavy (non-hydrogen) atoms. The van der Waals surface area contributed by atoms with Crippen molar-refractivity contribution in [1.82, 2.24) is 0 Å². The monoisotopic (exact) mass is 404 g/mol. The Bertz CT molecular complexity index is 877. The van der Waals surface area contributed by atoms with Crippen LogP contribution in [-0.4, -0.2) is 12.1 Å².